The molecule has 0 radical (unpaired) electrons. The van der Waals surface area contributed by atoms with Crippen molar-refractivity contribution in [2.24, 2.45) is 0 Å². The highest BCUT2D eigenvalue weighted by atomic mass is 32.2. The van der Waals surface area contributed by atoms with E-state index in [-0.39, 0.29) is 5.75 Å². The number of rotatable bonds is 4. The van der Waals surface area contributed by atoms with Gasteiger partial charge in [-0.25, -0.2) is 0 Å². The monoisotopic (exact) mass is 326 g/mol. The van der Waals surface area contributed by atoms with Crippen LogP contribution in [0.5, 0.6) is 0 Å². The van der Waals surface area contributed by atoms with Gasteiger partial charge in [0.05, 0.1) is 5.56 Å². The zero-order chi connectivity index (χ0) is 16.3. The highest BCUT2D eigenvalue weighted by Gasteiger charge is 2.30. The molecule has 22 heavy (non-hydrogen) atoms. The number of benzene rings is 2. The van der Waals surface area contributed by atoms with E-state index in [0.29, 0.717) is 11.3 Å². The molecule has 0 aliphatic carbocycles. The van der Waals surface area contributed by atoms with Crippen LogP contribution < -0.4 is 0 Å². The van der Waals surface area contributed by atoms with Crippen LogP contribution in [0, 0.1) is 13.8 Å². The van der Waals surface area contributed by atoms with Gasteiger partial charge in [-0.3, -0.25) is 4.21 Å². The lowest BCUT2D eigenvalue weighted by molar-refractivity contribution is -0.137. The Morgan fingerprint density at radius 2 is 1.73 bits per heavy atom. The highest BCUT2D eigenvalue weighted by molar-refractivity contribution is 7.83. The van der Waals surface area contributed by atoms with Crippen molar-refractivity contribution < 1.29 is 17.4 Å². The fourth-order valence-corrected chi connectivity index (χ4v) is 3.51. The Kier molecular flexibility index (Phi) is 5.06. The Morgan fingerprint density at radius 1 is 1.00 bits per heavy atom. The van der Waals surface area contributed by atoms with E-state index in [9.17, 15) is 17.4 Å². The normalized spacial score (nSPS) is 13.1. The third-order valence-electron chi connectivity index (χ3n) is 3.40. The smallest absolute Gasteiger partial charge is 0.259 e. The number of alkyl halides is 3. The minimum absolute atomic E-state index is 0.122. The molecule has 0 N–H and O–H groups in total. The van der Waals surface area contributed by atoms with E-state index >= 15 is 0 Å². The molecule has 0 fully saturated rings. The molecule has 2 aromatic carbocycles. The molecule has 0 spiro atoms. The van der Waals surface area contributed by atoms with E-state index in [1.807, 2.05) is 32.0 Å². The van der Waals surface area contributed by atoms with E-state index in [2.05, 4.69) is 0 Å². The fourth-order valence-electron chi connectivity index (χ4n) is 2.20. The van der Waals surface area contributed by atoms with Crippen molar-refractivity contribution in [1.29, 1.82) is 0 Å². The maximum absolute atomic E-state index is 12.7. The zero-order valence-electron chi connectivity index (χ0n) is 12.4. The molecule has 0 amide bonds. The van der Waals surface area contributed by atoms with Gasteiger partial charge in [-0.05, 0) is 36.6 Å². The van der Waals surface area contributed by atoms with Crippen molar-refractivity contribution in [3.05, 3.63) is 70.3 Å². The summed E-state index contributed by atoms with van der Waals surface area (Å²) < 4.78 is 50.3. The Balaban J connectivity index is 2.11. The summed E-state index contributed by atoms with van der Waals surface area (Å²) in [5, 5.41) is 0. The summed E-state index contributed by atoms with van der Waals surface area (Å²) in [6.07, 6.45) is -4.37. The molecule has 0 saturated heterocycles. The fraction of sp³-hybridized carbons (Fsp3) is 0.294. The van der Waals surface area contributed by atoms with Crippen LogP contribution in [-0.2, 0) is 28.5 Å². The second kappa shape index (κ2) is 6.65. The zero-order valence-corrected chi connectivity index (χ0v) is 13.2. The lowest BCUT2D eigenvalue weighted by Crippen LogP contribution is -2.07. The highest BCUT2D eigenvalue weighted by Crippen LogP contribution is 2.29. The first-order valence-electron chi connectivity index (χ1n) is 6.83. The van der Waals surface area contributed by atoms with Crippen LogP contribution >= 0.6 is 0 Å². The van der Waals surface area contributed by atoms with E-state index in [1.165, 1.54) is 6.07 Å². The number of hydrogen-bond acceptors (Lipinski definition) is 1. The van der Waals surface area contributed by atoms with Crippen LogP contribution in [0.4, 0.5) is 13.2 Å². The van der Waals surface area contributed by atoms with Gasteiger partial charge in [0, 0.05) is 22.3 Å². The summed E-state index contributed by atoms with van der Waals surface area (Å²) >= 11 is 0. The minimum Gasteiger partial charge on any atom is -0.259 e. The van der Waals surface area contributed by atoms with E-state index in [4.69, 9.17) is 0 Å². The summed E-state index contributed by atoms with van der Waals surface area (Å²) in [5.41, 5.74) is 2.84. The van der Waals surface area contributed by atoms with Crippen LogP contribution in [0.1, 0.15) is 27.8 Å². The molecule has 2 rings (SSSR count). The van der Waals surface area contributed by atoms with E-state index in [1.54, 1.807) is 6.07 Å². The quantitative estimate of drug-likeness (QED) is 0.791. The lowest BCUT2D eigenvalue weighted by Gasteiger charge is -2.10. The van der Waals surface area contributed by atoms with Crippen LogP contribution in [0.3, 0.4) is 0 Å². The molecule has 0 aliphatic rings. The van der Waals surface area contributed by atoms with Gasteiger partial charge >= 0.3 is 6.18 Å². The van der Waals surface area contributed by atoms with Crippen molar-refractivity contribution in [3.8, 4) is 0 Å². The molecule has 0 bridgehead atoms. The summed E-state index contributed by atoms with van der Waals surface area (Å²) in [6.45, 7) is 3.90. The molecule has 0 aromatic heterocycles. The molecule has 0 saturated carbocycles. The predicted octanol–water partition coefficient (Wildman–Crippen LogP) is 4.77. The molecule has 1 unspecified atom stereocenters. The molecule has 5 heteroatoms. The molecule has 0 aliphatic heterocycles. The molecular weight excluding hydrogens is 309 g/mol. The van der Waals surface area contributed by atoms with Gasteiger partial charge in [-0.1, -0.05) is 42.0 Å². The molecule has 118 valence electrons. The Bertz CT molecular complexity index is 693. The molecule has 1 nitrogen and oxygen atoms in total. The van der Waals surface area contributed by atoms with Gasteiger partial charge in [0.1, 0.15) is 0 Å². The standard InChI is InChI=1S/C17H17F3OS/c1-12-6-7-13(2)15(8-12)11-22(21)10-14-4-3-5-16(9-14)17(18,19)20/h3-9H,10-11H2,1-2H3. The topological polar surface area (TPSA) is 17.1 Å². The van der Waals surface area contributed by atoms with Crippen LogP contribution in [0.2, 0.25) is 0 Å². The lowest BCUT2D eigenvalue weighted by atomic mass is 10.1. The van der Waals surface area contributed by atoms with Crippen LogP contribution in [0.25, 0.3) is 0 Å². The van der Waals surface area contributed by atoms with Crippen molar-refractivity contribution >= 4 is 10.8 Å². The largest absolute Gasteiger partial charge is 0.416 e. The average Bonchev–Trinajstić information content (AvgIpc) is 2.42. The third kappa shape index (κ3) is 4.44. The SMILES string of the molecule is Cc1ccc(C)c(CS(=O)Cc2cccc(C(F)(F)F)c2)c1. The van der Waals surface area contributed by atoms with Crippen molar-refractivity contribution in [2.45, 2.75) is 31.5 Å². The summed E-state index contributed by atoms with van der Waals surface area (Å²) in [7, 11) is -1.24. The first kappa shape index (κ1) is 16.7. The number of aryl methyl sites for hydroxylation is 2. The van der Waals surface area contributed by atoms with Crippen molar-refractivity contribution in [3.63, 3.8) is 0 Å². The Labute approximate surface area is 130 Å². The second-order valence-electron chi connectivity index (χ2n) is 5.36. The summed E-state index contributed by atoms with van der Waals surface area (Å²) in [5.74, 6) is 0.473. The van der Waals surface area contributed by atoms with Crippen molar-refractivity contribution in [1.82, 2.24) is 0 Å². The van der Waals surface area contributed by atoms with Gasteiger partial charge in [0.25, 0.3) is 0 Å². The molecule has 1 atom stereocenters. The first-order valence-corrected chi connectivity index (χ1v) is 8.32. The number of hydrogen-bond donors (Lipinski definition) is 0. The van der Waals surface area contributed by atoms with Crippen molar-refractivity contribution in [2.75, 3.05) is 0 Å². The predicted molar refractivity (Wildman–Crippen MR) is 82.9 cm³/mol. The molecule has 0 heterocycles. The molecular formula is C17H17F3OS. The van der Waals surface area contributed by atoms with E-state index < -0.39 is 22.5 Å². The van der Waals surface area contributed by atoms with Gasteiger partial charge in [-0.15, -0.1) is 0 Å². The maximum Gasteiger partial charge on any atom is 0.416 e. The van der Waals surface area contributed by atoms with Gasteiger partial charge in [0.2, 0.25) is 0 Å². The number of halogens is 3. The second-order valence-corrected chi connectivity index (χ2v) is 6.81. The molecule has 2 aromatic rings. The summed E-state index contributed by atoms with van der Waals surface area (Å²) in [4.78, 5) is 0. The van der Waals surface area contributed by atoms with E-state index in [0.717, 1.165) is 28.8 Å². The maximum atomic E-state index is 12.7. The van der Waals surface area contributed by atoms with Gasteiger partial charge < -0.3 is 0 Å². The summed E-state index contributed by atoms with van der Waals surface area (Å²) in [6, 6.07) is 10.9. The minimum atomic E-state index is -4.37. The Morgan fingerprint density at radius 3 is 2.41 bits per heavy atom. The van der Waals surface area contributed by atoms with Gasteiger partial charge in [-0.2, -0.15) is 13.2 Å². The average molecular weight is 326 g/mol. The van der Waals surface area contributed by atoms with Gasteiger partial charge in [0.15, 0.2) is 0 Å². The third-order valence-corrected chi connectivity index (χ3v) is 4.69. The van der Waals surface area contributed by atoms with Crippen LogP contribution in [-0.4, -0.2) is 4.21 Å². The van der Waals surface area contributed by atoms with Crippen LogP contribution in [0.15, 0.2) is 42.5 Å². The Hall–Kier alpha value is -1.62. The first-order chi connectivity index (χ1) is 10.3.